The number of hydrogen-bond acceptors (Lipinski definition) is 6. The van der Waals surface area contributed by atoms with Gasteiger partial charge in [0.2, 0.25) is 5.91 Å². The minimum absolute atomic E-state index is 0.00314. The van der Waals surface area contributed by atoms with Crippen LogP contribution in [-0.4, -0.2) is 45.9 Å². The number of aliphatic carboxylic acids is 1. The first kappa shape index (κ1) is 17.0. The number of carbonyl (C=O) groups excluding carboxylic acids is 1. The molecular weight excluding hydrogens is 321 g/mol. The predicted octanol–water partition coefficient (Wildman–Crippen LogP) is 1.27. The number of alkyl halides is 3. The van der Waals surface area contributed by atoms with Gasteiger partial charge in [0.05, 0.1) is 0 Å². The Hall–Kier alpha value is -2.33. The zero-order valence-electron chi connectivity index (χ0n) is 11.9. The molecule has 1 aliphatic carbocycles. The second-order valence-corrected chi connectivity index (χ2v) is 5.17. The van der Waals surface area contributed by atoms with Gasteiger partial charge in [-0.15, -0.1) is 0 Å². The molecule has 1 atom stereocenters. The molecular formula is C12H15F3N4O4. The molecule has 2 aliphatic rings. The molecule has 1 saturated carbocycles. The summed E-state index contributed by atoms with van der Waals surface area (Å²) in [6.07, 6.45) is -0.793. The Labute approximate surface area is 128 Å². The summed E-state index contributed by atoms with van der Waals surface area (Å²) < 4.78 is 36.8. The van der Waals surface area contributed by atoms with E-state index in [1.807, 2.05) is 0 Å². The first-order valence-corrected chi connectivity index (χ1v) is 6.95. The maximum absolute atomic E-state index is 11.3. The number of carboxylic acid groups (broad SMARTS) is 1. The van der Waals surface area contributed by atoms with Crippen LogP contribution in [0.4, 0.5) is 19.2 Å². The van der Waals surface area contributed by atoms with Gasteiger partial charge in [0.15, 0.2) is 5.82 Å². The molecule has 1 saturated heterocycles. The minimum atomic E-state index is -5.08. The zero-order valence-corrected chi connectivity index (χ0v) is 11.9. The van der Waals surface area contributed by atoms with E-state index in [0.29, 0.717) is 18.5 Å². The number of carboxylic acids is 1. The third-order valence-electron chi connectivity index (χ3n) is 3.50. The summed E-state index contributed by atoms with van der Waals surface area (Å²) in [5.41, 5.74) is 0. The fourth-order valence-corrected chi connectivity index (χ4v) is 2.01. The van der Waals surface area contributed by atoms with E-state index in [9.17, 15) is 18.0 Å². The van der Waals surface area contributed by atoms with Crippen molar-refractivity contribution < 1.29 is 32.4 Å². The van der Waals surface area contributed by atoms with E-state index in [0.717, 1.165) is 25.1 Å². The molecule has 0 radical (unpaired) electrons. The van der Waals surface area contributed by atoms with Crippen LogP contribution in [0.1, 0.15) is 37.4 Å². The van der Waals surface area contributed by atoms with Crippen molar-refractivity contribution in [2.75, 3.05) is 11.9 Å². The van der Waals surface area contributed by atoms with Gasteiger partial charge in [-0.2, -0.15) is 18.2 Å². The average Bonchev–Trinajstić information content (AvgIpc) is 2.98. The maximum atomic E-state index is 11.3. The lowest BCUT2D eigenvalue weighted by Gasteiger charge is -2.20. The summed E-state index contributed by atoms with van der Waals surface area (Å²) in [4.78, 5) is 24.5. The SMILES string of the molecule is O=C(O)C(F)(F)F.O=C1NCCC1Nc1nc(C2CCC2)no1. The van der Waals surface area contributed by atoms with Crippen molar-refractivity contribution in [3.63, 3.8) is 0 Å². The second-order valence-electron chi connectivity index (χ2n) is 5.17. The van der Waals surface area contributed by atoms with Crippen LogP contribution in [0.5, 0.6) is 0 Å². The Morgan fingerprint density at radius 3 is 2.43 bits per heavy atom. The maximum Gasteiger partial charge on any atom is 0.490 e. The molecule has 1 unspecified atom stereocenters. The van der Waals surface area contributed by atoms with Crippen molar-refractivity contribution >= 4 is 17.9 Å². The third kappa shape index (κ3) is 4.57. The number of carbonyl (C=O) groups is 2. The Morgan fingerprint density at radius 1 is 1.35 bits per heavy atom. The minimum Gasteiger partial charge on any atom is -0.475 e. The molecule has 128 valence electrons. The van der Waals surface area contributed by atoms with Crippen LogP contribution >= 0.6 is 0 Å². The van der Waals surface area contributed by atoms with E-state index in [2.05, 4.69) is 20.8 Å². The van der Waals surface area contributed by atoms with Gasteiger partial charge in [-0.05, 0) is 19.3 Å². The highest BCUT2D eigenvalue weighted by molar-refractivity contribution is 5.85. The number of halogens is 3. The molecule has 0 spiro atoms. The number of anilines is 1. The largest absolute Gasteiger partial charge is 0.490 e. The number of rotatable bonds is 3. The van der Waals surface area contributed by atoms with Crippen molar-refractivity contribution in [1.29, 1.82) is 0 Å². The van der Waals surface area contributed by atoms with E-state index < -0.39 is 12.1 Å². The van der Waals surface area contributed by atoms with Gasteiger partial charge in [-0.1, -0.05) is 11.6 Å². The standard InChI is InChI=1S/C10H14N4O2.C2HF3O2/c15-9-7(4-5-11-9)12-10-13-8(14-16-10)6-2-1-3-6;3-2(4,5)1(6)7/h6-7H,1-5H2,(H,11,15)(H,12,13,14);(H,6,7). The van der Waals surface area contributed by atoms with Crippen molar-refractivity contribution in [2.24, 2.45) is 0 Å². The lowest BCUT2D eigenvalue weighted by Crippen LogP contribution is -2.29. The van der Waals surface area contributed by atoms with Crippen molar-refractivity contribution in [1.82, 2.24) is 15.5 Å². The summed E-state index contributed by atoms with van der Waals surface area (Å²) in [7, 11) is 0. The summed E-state index contributed by atoms with van der Waals surface area (Å²) in [6.45, 7) is 0.708. The molecule has 0 aromatic carbocycles. The van der Waals surface area contributed by atoms with Gasteiger partial charge in [-0.3, -0.25) is 4.79 Å². The molecule has 2 fully saturated rings. The predicted molar refractivity (Wildman–Crippen MR) is 69.6 cm³/mol. The Morgan fingerprint density at radius 2 is 2.00 bits per heavy atom. The van der Waals surface area contributed by atoms with Crippen molar-refractivity contribution in [2.45, 2.75) is 43.8 Å². The number of amides is 1. The van der Waals surface area contributed by atoms with E-state index in [1.54, 1.807) is 0 Å². The highest BCUT2D eigenvalue weighted by atomic mass is 19.4. The first-order chi connectivity index (χ1) is 10.8. The molecule has 23 heavy (non-hydrogen) atoms. The fraction of sp³-hybridized carbons (Fsp3) is 0.667. The monoisotopic (exact) mass is 336 g/mol. The van der Waals surface area contributed by atoms with E-state index in [1.165, 1.54) is 6.42 Å². The molecule has 3 N–H and O–H groups in total. The van der Waals surface area contributed by atoms with Gasteiger partial charge >= 0.3 is 18.2 Å². The van der Waals surface area contributed by atoms with Crippen molar-refractivity contribution in [3.05, 3.63) is 5.82 Å². The van der Waals surface area contributed by atoms with E-state index in [-0.39, 0.29) is 11.9 Å². The summed E-state index contributed by atoms with van der Waals surface area (Å²) in [5.74, 6) is -1.53. The van der Waals surface area contributed by atoms with Crippen LogP contribution in [0.2, 0.25) is 0 Å². The molecule has 11 heteroatoms. The van der Waals surface area contributed by atoms with Gasteiger partial charge in [0.25, 0.3) is 0 Å². The van der Waals surface area contributed by atoms with Gasteiger partial charge in [-0.25, -0.2) is 4.79 Å². The van der Waals surface area contributed by atoms with Crippen molar-refractivity contribution in [3.8, 4) is 0 Å². The Kier molecular flexibility index (Phi) is 5.06. The number of nitrogens with one attached hydrogen (secondary N) is 2. The fourth-order valence-electron chi connectivity index (χ4n) is 2.01. The van der Waals surface area contributed by atoms with E-state index >= 15 is 0 Å². The highest BCUT2D eigenvalue weighted by Gasteiger charge is 2.38. The van der Waals surface area contributed by atoms with Gasteiger partial charge in [0.1, 0.15) is 6.04 Å². The zero-order chi connectivity index (χ0) is 17.0. The molecule has 2 heterocycles. The van der Waals surface area contributed by atoms with Crippen LogP contribution < -0.4 is 10.6 Å². The summed E-state index contributed by atoms with van der Waals surface area (Å²) >= 11 is 0. The lowest BCUT2D eigenvalue weighted by atomic mass is 9.85. The van der Waals surface area contributed by atoms with E-state index in [4.69, 9.17) is 14.4 Å². The Bertz CT molecular complexity index is 571. The lowest BCUT2D eigenvalue weighted by molar-refractivity contribution is -0.192. The van der Waals surface area contributed by atoms with Crippen LogP contribution in [0.3, 0.4) is 0 Å². The molecule has 1 aliphatic heterocycles. The molecule has 1 amide bonds. The number of nitrogens with zero attached hydrogens (tertiary/aromatic N) is 2. The van der Waals surface area contributed by atoms with Crippen LogP contribution in [0.25, 0.3) is 0 Å². The third-order valence-corrected chi connectivity index (χ3v) is 3.50. The normalized spacial score (nSPS) is 21.0. The topological polar surface area (TPSA) is 117 Å². The van der Waals surface area contributed by atoms with Crippen LogP contribution in [-0.2, 0) is 9.59 Å². The molecule has 1 aromatic rings. The molecule has 3 rings (SSSR count). The summed E-state index contributed by atoms with van der Waals surface area (Å²) in [6, 6.07) is 0.138. The van der Waals surface area contributed by atoms with Gasteiger partial charge in [0, 0.05) is 12.5 Å². The van der Waals surface area contributed by atoms with Crippen LogP contribution in [0.15, 0.2) is 4.52 Å². The molecule has 0 bridgehead atoms. The van der Waals surface area contributed by atoms with Crippen LogP contribution in [0, 0.1) is 0 Å². The quantitative estimate of drug-likeness (QED) is 0.761. The summed E-state index contributed by atoms with van der Waals surface area (Å²) in [5, 5.41) is 16.8. The van der Waals surface area contributed by atoms with Gasteiger partial charge < -0.3 is 20.3 Å². The average molecular weight is 336 g/mol. The smallest absolute Gasteiger partial charge is 0.475 e. The number of aromatic nitrogens is 2. The Balaban J connectivity index is 0.000000236. The number of hydrogen-bond donors (Lipinski definition) is 3. The molecule has 8 nitrogen and oxygen atoms in total. The second kappa shape index (κ2) is 6.84. The molecule has 1 aromatic heterocycles. The highest BCUT2D eigenvalue weighted by Crippen LogP contribution is 2.34. The first-order valence-electron chi connectivity index (χ1n) is 6.95.